The SMILES string of the molecule is CC1CCCCC1NC(=O)CSc1nc2scc(-c3ccccc3)c2c(=O)n1N. The van der Waals surface area contributed by atoms with E-state index >= 15 is 0 Å². The van der Waals surface area contributed by atoms with E-state index < -0.39 is 0 Å². The Labute approximate surface area is 177 Å². The third-order valence-electron chi connectivity index (χ3n) is 5.48. The highest BCUT2D eigenvalue weighted by Crippen LogP contribution is 2.31. The van der Waals surface area contributed by atoms with Crippen molar-refractivity contribution in [3.05, 3.63) is 46.1 Å². The molecule has 1 fully saturated rings. The lowest BCUT2D eigenvalue weighted by atomic mass is 9.86. The van der Waals surface area contributed by atoms with Gasteiger partial charge >= 0.3 is 0 Å². The molecule has 6 nitrogen and oxygen atoms in total. The average Bonchev–Trinajstić information content (AvgIpc) is 3.16. The van der Waals surface area contributed by atoms with Crippen LogP contribution in [0.2, 0.25) is 0 Å². The van der Waals surface area contributed by atoms with Gasteiger partial charge in [-0.05, 0) is 24.3 Å². The van der Waals surface area contributed by atoms with Crippen LogP contribution < -0.4 is 16.7 Å². The van der Waals surface area contributed by atoms with Crippen molar-refractivity contribution in [2.24, 2.45) is 5.92 Å². The summed E-state index contributed by atoms with van der Waals surface area (Å²) in [4.78, 5) is 30.5. The van der Waals surface area contributed by atoms with Gasteiger partial charge in [-0.15, -0.1) is 11.3 Å². The molecule has 0 spiro atoms. The van der Waals surface area contributed by atoms with Crippen molar-refractivity contribution in [3.8, 4) is 11.1 Å². The van der Waals surface area contributed by atoms with Gasteiger partial charge in [0.05, 0.1) is 11.1 Å². The van der Waals surface area contributed by atoms with E-state index in [2.05, 4.69) is 17.2 Å². The van der Waals surface area contributed by atoms with Crippen molar-refractivity contribution in [2.45, 2.75) is 43.8 Å². The van der Waals surface area contributed by atoms with E-state index in [4.69, 9.17) is 5.84 Å². The second kappa shape index (κ2) is 8.59. The maximum atomic E-state index is 12.9. The van der Waals surface area contributed by atoms with Crippen molar-refractivity contribution >= 4 is 39.2 Å². The summed E-state index contributed by atoms with van der Waals surface area (Å²) in [6, 6.07) is 9.96. The van der Waals surface area contributed by atoms with E-state index in [-0.39, 0.29) is 23.3 Å². The van der Waals surface area contributed by atoms with Crippen LogP contribution >= 0.6 is 23.1 Å². The monoisotopic (exact) mass is 428 g/mol. The van der Waals surface area contributed by atoms with Gasteiger partial charge in [0.2, 0.25) is 5.91 Å². The Morgan fingerprint density at radius 3 is 2.83 bits per heavy atom. The minimum absolute atomic E-state index is 0.0424. The van der Waals surface area contributed by atoms with Gasteiger partial charge in [-0.2, -0.15) is 0 Å². The Morgan fingerprint density at radius 2 is 2.07 bits per heavy atom. The Hall–Kier alpha value is -2.32. The normalized spacial score (nSPS) is 19.3. The smallest absolute Gasteiger partial charge is 0.282 e. The maximum absolute atomic E-state index is 12.9. The van der Waals surface area contributed by atoms with Gasteiger partial charge in [0.15, 0.2) is 5.16 Å². The van der Waals surface area contributed by atoms with E-state index in [1.54, 1.807) is 0 Å². The van der Waals surface area contributed by atoms with Gasteiger partial charge in [-0.1, -0.05) is 61.9 Å². The molecule has 2 unspecified atom stereocenters. The highest BCUT2D eigenvalue weighted by molar-refractivity contribution is 7.99. The van der Waals surface area contributed by atoms with Crippen LogP contribution in [-0.4, -0.2) is 27.4 Å². The molecule has 29 heavy (non-hydrogen) atoms. The molecule has 3 N–H and O–H groups in total. The Bertz CT molecular complexity index is 1080. The standard InChI is InChI=1S/C21H24N4O2S2/c1-13-7-5-6-10-16(13)23-17(26)12-29-21-24-19-18(20(27)25(21)22)15(11-28-19)14-8-3-2-4-9-14/h2-4,8-9,11,13,16H,5-7,10,12,22H2,1H3,(H,23,26). The minimum atomic E-state index is -0.293. The summed E-state index contributed by atoms with van der Waals surface area (Å²) in [6.07, 6.45) is 4.57. The number of thiophene rings is 1. The molecule has 0 saturated heterocycles. The molecule has 152 valence electrons. The molecule has 4 rings (SSSR count). The summed E-state index contributed by atoms with van der Waals surface area (Å²) in [6.45, 7) is 2.19. The molecule has 0 radical (unpaired) electrons. The van der Waals surface area contributed by atoms with Crippen LogP contribution in [-0.2, 0) is 4.79 Å². The lowest BCUT2D eigenvalue weighted by Gasteiger charge is -2.29. The highest BCUT2D eigenvalue weighted by Gasteiger charge is 2.23. The number of carbonyl (C=O) groups is 1. The number of aromatic nitrogens is 2. The Balaban J connectivity index is 1.52. The largest absolute Gasteiger partial charge is 0.352 e. The highest BCUT2D eigenvalue weighted by atomic mass is 32.2. The first kappa shape index (κ1) is 20.0. The van der Waals surface area contributed by atoms with Crippen LogP contribution in [0.3, 0.4) is 0 Å². The molecule has 1 aliphatic rings. The van der Waals surface area contributed by atoms with E-state index in [9.17, 15) is 9.59 Å². The molecule has 0 aliphatic heterocycles. The zero-order chi connectivity index (χ0) is 20.4. The predicted octanol–water partition coefficient (Wildman–Crippen LogP) is 3.63. The van der Waals surface area contributed by atoms with Crippen molar-refractivity contribution in [3.63, 3.8) is 0 Å². The van der Waals surface area contributed by atoms with E-state index in [1.807, 2.05) is 35.7 Å². The van der Waals surface area contributed by atoms with Gasteiger partial charge in [0.1, 0.15) is 4.83 Å². The molecule has 8 heteroatoms. The number of hydrogen-bond donors (Lipinski definition) is 2. The summed E-state index contributed by atoms with van der Waals surface area (Å²) in [5.41, 5.74) is 1.50. The fourth-order valence-electron chi connectivity index (χ4n) is 3.83. The third kappa shape index (κ3) is 4.18. The summed E-state index contributed by atoms with van der Waals surface area (Å²) in [5.74, 6) is 6.69. The number of nitrogen functional groups attached to an aromatic ring is 1. The second-order valence-electron chi connectivity index (χ2n) is 7.49. The van der Waals surface area contributed by atoms with Crippen molar-refractivity contribution < 1.29 is 4.79 Å². The number of amides is 1. The van der Waals surface area contributed by atoms with E-state index in [1.165, 1.54) is 29.5 Å². The first-order valence-electron chi connectivity index (χ1n) is 9.81. The number of hydrogen-bond acceptors (Lipinski definition) is 6. The van der Waals surface area contributed by atoms with Gasteiger partial charge in [-0.3, -0.25) is 9.59 Å². The van der Waals surface area contributed by atoms with E-state index in [0.717, 1.165) is 35.1 Å². The lowest BCUT2D eigenvalue weighted by molar-refractivity contribution is -0.119. The Morgan fingerprint density at radius 1 is 1.31 bits per heavy atom. The van der Waals surface area contributed by atoms with Crippen LogP contribution in [0.15, 0.2) is 45.7 Å². The number of fused-ring (bicyclic) bond motifs is 1. The lowest BCUT2D eigenvalue weighted by Crippen LogP contribution is -2.42. The first-order valence-corrected chi connectivity index (χ1v) is 11.7. The summed E-state index contributed by atoms with van der Waals surface area (Å²) in [5, 5.41) is 5.93. The minimum Gasteiger partial charge on any atom is -0.352 e. The molecular formula is C21H24N4O2S2. The van der Waals surface area contributed by atoms with Crippen LogP contribution in [0, 0.1) is 5.92 Å². The van der Waals surface area contributed by atoms with Crippen molar-refractivity contribution in [1.82, 2.24) is 15.0 Å². The number of nitrogens with zero attached hydrogens (tertiary/aromatic N) is 2. The Kier molecular flexibility index (Phi) is 5.91. The number of nitrogens with one attached hydrogen (secondary N) is 1. The summed E-state index contributed by atoms with van der Waals surface area (Å²) >= 11 is 2.62. The zero-order valence-electron chi connectivity index (χ0n) is 16.3. The topological polar surface area (TPSA) is 90.0 Å². The molecule has 0 bridgehead atoms. The van der Waals surface area contributed by atoms with Crippen LogP contribution in [0.5, 0.6) is 0 Å². The fraction of sp³-hybridized carbons (Fsp3) is 0.381. The number of rotatable bonds is 5. The van der Waals surface area contributed by atoms with Crippen LogP contribution in [0.25, 0.3) is 21.3 Å². The molecule has 2 heterocycles. The average molecular weight is 429 g/mol. The first-order chi connectivity index (χ1) is 14.0. The van der Waals surface area contributed by atoms with E-state index in [0.29, 0.717) is 21.3 Å². The molecule has 1 aliphatic carbocycles. The van der Waals surface area contributed by atoms with Gasteiger partial charge in [0.25, 0.3) is 5.56 Å². The summed E-state index contributed by atoms with van der Waals surface area (Å²) in [7, 11) is 0. The quantitative estimate of drug-likeness (QED) is 0.368. The van der Waals surface area contributed by atoms with Crippen LogP contribution in [0.1, 0.15) is 32.6 Å². The van der Waals surface area contributed by atoms with Gasteiger partial charge in [0, 0.05) is 17.0 Å². The predicted molar refractivity (Wildman–Crippen MR) is 120 cm³/mol. The number of carbonyl (C=O) groups excluding carboxylic acids is 1. The molecule has 1 aromatic carbocycles. The van der Waals surface area contributed by atoms with Gasteiger partial charge in [-0.25, -0.2) is 9.66 Å². The van der Waals surface area contributed by atoms with Crippen molar-refractivity contribution in [2.75, 3.05) is 11.6 Å². The molecule has 2 atom stereocenters. The maximum Gasteiger partial charge on any atom is 0.282 e. The molecule has 1 amide bonds. The fourth-order valence-corrected chi connectivity index (χ4v) is 5.54. The molecule has 1 saturated carbocycles. The second-order valence-corrected chi connectivity index (χ2v) is 9.29. The zero-order valence-corrected chi connectivity index (χ0v) is 17.9. The molecular weight excluding hydrogens is 404 g/mol. The number of benzene rings is 1. The number of thioether (sulfide) groups is 1. The van der Waals surface area contributed by atoms with Gasteiger partial charge < -0.3 is 11.2 Å². The van der Waals surface area contributed by atoms with Crippen LogP contribution in [0.4, 0.5) is 0 Å². The van der Waals surface area contributed by atoms with Crippen molar-refractivity contribution in [1.29, 1.82) is 0 Å². The third-order valence-corrected chi connectivity index (χ3v) is 7.31. The number of nitrogens with two attached hydrogens (primary N) is 1. The molecule has 2 aromatic heterocycles. The molecule has 3 aromatic rings. The summed E-state index contributed by atoms with van der Waals surface area (Å²) < 4.78 is 1.06.